The highest BCUT2D eigenvalue weighted by atomic mass is 32.1. The van der Waals surface area contributed by atoms with Gasteiger partial charge in [0, 0.05) is 6.42 Å². The van der Waals surface area contributed by atoms with Crippen LogP contribution in [-0.2, 0) is 20.7 Å². The summed E-state index contributed by atoms with van der Waals surface area (Å²) in [7, 11) is 0. The Kier molecular flexibility index (Phi) is 5.75. The number of halogens is 2. The molecule has 0 aliphatic heterocycles. The number of amides is 1. The van der Waals surface area contributed by atoms with Crippen LogP contribution in [-0.4, -0.2) is 23.0 Å². The molecule has 1 unspecified atom stereocenters. The molecule has 0 aliphatic rings. The second kappa shape index (κ2) is 8.22. The lowest BCUT2D eigenvalue weighted by atomic mass is 10.2. The molecule has 1 heterocycles. The van der Waals surface area contributed by atoms with Crippen LogP contribution >= 0.6 is 11.3 Å². The van der Waals surface area contributed by atoms with Gasteiger partial charge in [0.15, 0.2) is 6.10 Å². The average molecular weight is 390 g/mol. The highest BCUT2D eigenvalue weighted by Crippen LogP contribution is 2.22. The van der Waals surface area contributed by atoms with Crippen molar-refractivity contribution >= 4 is 39.1 Å². The van der Waals surface area contributed by atoms with Crippen LogP contribution in [0, 0.1) is 11.6 Å². The molecular formula is C19H16F2N2O3S. The molecule has 3 aromatic rings. The number of rotatable bonds is 6. The van der Waals surface area contributed by atoms with Crippen LogP contribution < -0.4 is 5.32 Å². The van der Waals surface area contributed by atoms with Crippen molar-refractivity contribution in [2.24, 2.45) is 0 Å². The number of carbonyl (C=O) groups is 2. The number of hydrogen-bond acceptors (Lipinski definition) is 5. The van der Waals surface area contributed by atoms with E-state index in [-0.39, 0.29) is 6.42 Å². The number of nitrogens with zero attached hydrogens (tertiary/aromatic N) is 1. The molecule has 8 heteroatoms. The van der Waals surface area contributed by atoms with Gasteiger partial charge in [0.1, 0.15) is 17.3 Å². The van der Waals surface area contributed by atoms with E-state index in [9.17, 15) is 18.4 Å². The van der Waals surface area contributed by atoms with Gasteiger partial charge >= 0.3 is 5.97 Å². The van der Waals surface area contributed by atoms with Gasteiger partial charge in [0.05, 0.1) is 21.6 Å². The highest BCUT2D eigenvalue weighted by Gasteiger charge is 2.21. The van der Waals surface area contributed by atoms with Crippen LogP contribution in [0.4, 0.5) is 14.5 Å². The maximum absolute atomic E-state index is 13.6. The molecule has 27 heavy (non-hydrogen) atoms. The number of para-hydroxylation sites is 2. The minimum absolute atomic E-state index is 0.0471. The average Bonchev–Trinajstić information content (AvgIpc) is 3.06. The molecule has 140 valence electrons. The topological polar surface area (TPSA) is 68.3 Å². The van der Waals surface area contributed by atoms with E-state index in [1.165, 1.54) is 24.3 Å². The molecule has 0 saturated carbocycles. The van der Waals surface area contributed by atoms with Crippen molar-refractivity contribution < 1.29 is 23.1 Å². The number of esters is 1. The summed E-state index contributed by atoms with van der Waals surface area (Å²) in [5.74, 6) is -3.21. The third-order valence-electron chi connectivity index (χ3n) is 3.77. The summed E-state index contributed by atoms with van der Waals surface area (Å²) in [4.78, 5) is 28.4. The van der Waals surface area contributed by atoms with Crippen LogP contribution in [0.3, 0.4) is 0 Å². The number of thiazole rings is 1. The smallest absolute Gasteiger partial charge is 0.306 e. The number of aryl methyl sites for hydroxylation is 1. The van der Waals surface area contributed by atoms with E-state index in [4.69, 9.17) is 4.74 Å². The van der Waals surface area contributed by atoms with Crippen LogP contribution in [0.2, 0.25) is 0 Å². The zero-order valence-electron chi connectivity index (χ0n) is 14.4. The highest BCUT2D eigenvalue weighted by molar-refractivity contribution is 7.18. The van der Waals surface area contributed by atoms with Crippen LogP contribution in [0.25, 0.3) is 10.2 Å². The minimum atomic E-state index is -1.19. The van der Waals surface area contributed by atoms with Crippen LogP contribution in [0.1, 0.15) is 18.4 Å². The summed E-state index contributed by atoms with van der Waals surface area (Å²) in [6.07, 6.45) is -0.758. The van der Waals surface area contributed by atoms with Gasteiger partial charge < -0.3 is 10.1 Å². The van der Waals surface area contributed by atoms with E-state index >= 15 is 0 Å². The van der Waals surface area contributed by atoms with Gasteiger partial charge in [-0.15, -0.1) is 11.3 Å². The van der Waals surface area contributed by atoms with Crippen molar-refractivity contribution in [3.63, 3.8) is 0 Å². The van der Waals surface area contributed by atoms with Gasteiger partial charge in [0.25, 0.3) is 5.91 Å². The van der Waals surface area contributed by atoms with Gasteiger partial charge in [-0.2, -0.15) is 0 Å². The fourth-order valence-electron chi connectivity index (χ4n) is 2.39. The molecule has 1 N–H and O–H groups in total. The van der Waals surface area contributed by atoms with E-state index < -0.39 is 35.3 Å². The Hall–Kier alpha value is -2.87. The molecule has 1 aromatic heterocycles. The first-order valence-electron chi connectivity index (χ1n) is 8.23. The Morgan fingerprint density at radius 1 is 1.15 bits per heavy atom. The third kappa shape index (κ3) is 4.65. The predicted octanol–water partition coefficient (Wildman–Crippen LogP) is 4.08. The van der Waals surface area contributed by atoms with Crippen molar-refractivity contribution in [1.82, 2.24) is 4.98 Å². The number of fused-ring (bicyclic) bond motifs is 1. The molecule has 1 atom stereocenters. The molecule has 3 rings (SSSR count). The summed E-state index contributed by atoms with van der Waals surface area (Å²) < 4.78 is 33.2. The van der Waals surface area contributed by atoms with Gasteiger partial charge in [0.2, 0.25) is 0 Å². The zero-order valence-corrected chi connectivity index (χ0v) is 15.2. The van der Waals surface area contributed by atoms with Gasteiger partial charge in [-0.3, -0.25) is 9.59 Å². The maximum Gasteiger partial charge on any atom is 0.306 e. The van der Waals surface area contributed by atoms with Gasteiger partial charge in [-0.1, -0.05) is 18.2 Å². The lowest BCUT2D eigenvalue weighted by Gasteiger charge is -2.14. The summed E-state index contributed by atoms with van der Waals surface area (Å²) >= 11 is 1.49. The fraction of sp³-hybridized carbons (Fsp3) is 0.211. The third-order valence-corrected chi connectivity index (χ3v) is 4.87. The summed E-state index contributed by atoms with van der Waals surface area (Å²) in [5.41, 5.74) is 0.297. The molecule has 5 nitrogen and oxygen atoms in total. The summed E-state index contributed by atoms with van der Waals surface area (Å²) in [6.45, 7) is 1.34. The SMILES string of the molecule is CC(OC(=O)CCc1nc2ccccc2s1)C(=O)Nc1c(F)cccc1F. The predicted molar refractivity (Wildman–Crippen MR) is 98.5 cm³/mol. The van der Waals surface area contributed by atoms with E-state index in [1.807, 2.05) is 24.3 Å². The second-order valence-electron chi connectivity index (χ2n) is 5.79. The maximum atomic E-state index is 13.6. The molecule has 1 amide bonds. The molecule has 0 fully saturated rings. The van der Waals surface area contributed by atoms with Crippen molar-refractivity contribution in [3.8, 4) is 0 Å². The Morgan fingerprint density at radius 2 is 1.85 bits per heavy atom. The first kappa shape index (κ1) is 18.9. The normalized spacial score (nSPS) is 12.0. The van der Waals surface area contributed by atoms with Crippen molar-refractivity contribution in [2.45, 2.75) is 25.9 Å². The molecule has 0 spiro atoms. The standard InChI is InChI=1S/C19H16F2N2O3S/c1-11(19(25)23-18-12(20)5-4-6-13(18)21)26-17(24)10-9-16-22-14-7-2-3-8-15(14)27-16/h2-8,11H,9-10H2,1H3,(H,23,25). The lowest BCUT2D eigenvalue weighted by molar-refractivity contribution is -0.153. The lowest BCUT2D eigenvalue weighted by Crippen LogP contribution is -2.30. The Bertz CT molecular complexity index is 937. The quantitative estimate of drug-likeness (QED) is 0.644. The monoisotopic (exact) mass is 390 g/mol. The number of carbonyl (C=O) groups excluding carboxylic acids is 2. The number of ether oxygens (including phenoxy) is 1. The van der Waals surface area contributed by atoms with E-state index in [1.54, 1.807) is 0 Å². The molecule has 2 aromatic carbocycles. The van der Waals surface area contributed by atoms with E-state index in [0.29, 0.717) is 6.42 Å². The molecule has 0 bridgehead atoms. The first-order valence-corrected chi connectivity index (χ1v) is 9.04. The van der Waals surface area contributed by atoms with E-state index in [2.05, 4.69) is 10.3 Å². The Morgan fingerprint density at radius 3 is 2.56 bits per heavy atom. The number of anilines is 1. The zero-order chi connectivity index (χ0) is 19.4. The van der Waals surface area contributed by atoms with Crippen LogP contribution in [0.5, 0.6) is 0 Å². The second-order valence-corrected chi connectivity index (χ2v) is 6.91. The van der Waals surface area contributed by atoms with Gasteiger partial charge in [-0.05, 0) is 31.2 Å². The molecule has 0 aliphatic carbocycles. The number of benzene rings is 2. The van der Waals surface area contributed by atoms with Crippen molar-refractivity contribution in [2.75, 3.05) is 5.32 Å². The van der Waals surface area contributed by atoms with E-state index in [0.717, 1.165) is 27.4 Å². The number of nitrogens with one attached hydrogen (secondary N) is 1. The number of hydrogen-bond donors (Lipinski definition) is 1. The van der Waals surface area contributed by atoms with Crippen LogP contribution in [0.15, 0.2) is 42.5 Å². The summed E-state index contributed by atoms with van der Waals surface area (Å²) in [5, 5.41) is 2.89. The molecular weight excluding hydrogens is 374 g/mol. The molecule has 0 radical (unpaired) electrons. The fourth-order valence-corrected chi connectivity index (χ4v) is 3.35. The minimum Gasteiger partial charge on any atom is -0.453 e. The van der Waals surface area contributed by atoms with Crippen molar-refractivity contribution in [1.29, 1.82) is 0 Å². The number of aromatic nitrogens is 1. The Balaban J connectivity index is 1.53. The molecule has 0 saturated heterocycles. The van der Waals surface area contributed by atoms with Gasteiger partial charge in [-0.25, -0.2) is 13.8 Å². The summed E-state index contributed by atoms with van der Waals surface area (Å²) in [6, 6.07) is 10.9. The largest absolute Gasteiger partial charge is 0.453 e. The Labute approximate surface area is 158 Å². The van der Waals surface area contributed by atoms with Crippen molar-refractivity contribution in [3.05, 3.63) is 59.1 Å². The first-order chi connectivity index (χ1) is 12.9.